The van der Waals surface area contributed by atoms with Crippen LogP contribution in [0.25, 0.3) is 0 Å². The first kappa shape index (κ1) is 19.6. The third kappa shape index (κ3) is 13.0. The number of hydrogen-bond acceptors (Lipinski definition) is 2. The van der Waals surface area contributed by atoms with Gasteiger partial charge in [0, 0.05) is 17.1 Å². The summed E-state index contributed by atoms with van der Waals surface area (Å²) in [6, 6.07) is 0. The Bertz CT molecular complexity index is 196. The third-order valence-electron chi connectivity index (χ3n) is 0.485. The molecule has 0 rings (SSSR count). The molecule has 4 nitrogen and oxygen atoms in total. The number of hydrogen-bond donors (Lipinski definition) is 2. The van der Waals surface area contributed by atoms with Gasteiger partial charge in [-0.15, -0.1) is 0 Å². The Hall–Kier alpha value is -0.961. The fourth-order valence-electron chi connectivity index (χ4n) is 0. The van der Waals surface area contributed by atoms with Crippen molar-refractivity contribution in [3.8, 4) is 0 Å². The maximum Gasteiger partial charge on any atom is 0.490 e. The molecular formula is C4H2F6FeO4. The molecule has 0 aliphatic rings. The average Bonchev–Trinajstić information content (AvgIpc) is 1.83. The van der Waals surface area contributed by atoms with Crippen molar-refractivity contribution in [1.82, 2.24) is 0 Å². The smallest absolute Gasteiger partial charge is 0.475 e. The molecule has 0 unspecified atom stereocenters. The summed E-state index contributed by atoms with van der Waals surface area (Å²) in [5, 5.41) is 14.2. The zero-order valence-electron chi connectivity index (χ0n) is 6.33. The summed E-state index contributed by atoms with van der Waals surface area (Å²) in [4.78, 5) is 17.8. The summed E-state index contributed by atoms with van der Waals surface area (Å²) >= 11 is 0. The zero-order chi connectivity index (χ0) is 12.2. The largest absolute Gasteiger partial charge is 0.490 e. The van der Waals surface area contributed by atoms with E-state index in [1.165, 1.54) is 0 Å². The van der Waals surface area contributed by atoms with Gasteiger partial charge in [-0.2, -0.15) is 26.3 Å². The predicted octanol–water partition coefficient (Wildman–Crippen LogP) is 1.26. The van der Waals surface area contributed by atoms with E-state index in [1.54, 1.807) is 0 Å². The van der Waals surface area contributed by atoms with Crippen molar-refractivity contribution in [3.05, 3.63) is 0 Å². The molecule has 0 aliphatic heterocycles. The molecule has 0 saturated heterocycles. The monoisotopic (exact) mass is 284 g/mol. The summed E-state index contributed by atoms with van der Waals surface area (Å²) in [5.74, 6) is -5.51. The number of aliphatic carboxylic acids is 2. The van der Waals surface area contributed by atoms with Crippen molar-refractivity contribution in [2.24, 2.45) is 0 Å². The van der Waals surface area contributed by atoms with Crippen LogP contribution in [0.15, 0.2) is 0 Å². The molecule has 0 fully saturated rings. The van der Waals surface area contributed by atoms with Crippen molar-refractivity contribution >= 4 is 11.9 Å². The van der Waals surface area contributed by atoms with E-state index in [4.69, 9.17) is 19.8 Å². The van der Waals surface area contributed by atoms with E-state index < -0.39 is 24.3 Å². The van der Waals surface area contributed by atoms with Crippen LogP contribution in [0.3, 0.4) is 0 Å². The van der Waals surface area contributed by atoms with E-state index >= 15 is 0 Å². The Balaban J connectivity index is -0.000000180. The van der Waals surface area contributed by atoms with E-state index in [2.05, 4.69) is 0 Å². The number of halogens is 6. The second kappa shape index (κ2) is 6.51. The molecule has 15 heavy (non-hydrogen) atoms. The Morgan fingerprint density at radius 2 is 0.800 bits per heavy atom. The third-order valence-corrected chi connectivity index (χ3v) is 0.485. The predicted molar refractivity (Wildman–Crippen MR) is 27.4 cm³/mol. The van der Waals surface area contributed by atoms with Crippen LogP contribution in [0.1, 0.15) is 0 Å². The first-order valence-electron chi connectivity index (χ1n) is 2.49. The Morgan fingerprint density at radius 1 is 0.733 bits per heavy atom. The van der Waals surface area contributed by atoms with Crippen LogP contribution in [0.2, 0.25) is 0 Å². The van der Waals surface area contributed by atoms with E-state index in [1.807, 2.05) is 0 Å². The molecule has 0 aromatic rings. The summed E-state index contributed by atoms with van der Waals surface area (Å²) in [6.07, 6.45) is -10.2. The average molecular weight is 284 g/mol. The number of rotatable bonds is 0. The van der Waals surface area contributed by atoms with Crippen LogP contribution in [0, 0.1) is 0 Å². The maximum atomic E-state index is 10.6. The fraction of sp³-hybridized carbons (Fsp3) is 0.500. The molecule has 0 spiro atoms. The SMILES string of the molecule is O=C(O)C(F)(F)F.O=C(O)C(F)(F)F.[Fe]. The van der Waals surface area contributed by atoms with Crippen molar-refractivity contribution in [2.75, 3.05) is 0 Å². The van der Waals surface area contributed by atoms with E-state index in [0.717, 1.165) is 0 Å². The van der Waals surface area contributed by atoms with Crippen molar-refractivity contribution in [2.45, 2.75) is 12.4 Å². The van der Waals surface area contributed by atoms with Gasteiger partial charge in [-0.3, -0.25) is 0 Å². The molecule has 0 amide bonds. The van der Waals surface area contributed by atoms with Crippen LogP contribution in [0.5, 0.6) is 0 Å². The van der Waals surface area contributed by atoms with Gasteiger partial charge in [0.05, 0.1) is 0 Å². The van der Waals surface area contributed by atoms with Gasteiger partial charge in [0.15, 0.2) is 0 Å². The molecule has 0 aromatic heterocycles. The van der Waals surface area contributed by atoms with E-state index in [0.29, 0.717) is 0 Å². The molecule has 11 heteroatoms. The minimum atomic E-state index is -5.08. The first-order chi connectivity index (χ1) is 5.89. The minimum Gasteiger partial charge on any atom is -0.475 e. The van der Waals surface area contributed by atoms with E-state index in [9.17, 15) is 26.3 Å². The molecule has 0 atom stereocenters. The molecule has 0 heterocycles. The Morgan fingerprint density at radius 3 is 0.800 bits per heavy atom. The number of carboxylic acids is 2. The maximum absolute atomic E-state index is 10.6. The minimum absolute atomic E-state index is 0. The van der Waals surface area contributed by atoms with Crippen molar-refractivity contribution in [1.29, 1.82) is 0 Å². The summed E-state index contributed by atoms with van der Waals surface area (Å²) in [7, 11) is 0. The van der Waals surface area contributed by atoms with Crippen molar-refractivity contribution < 1.29 is 63.2 Å². The molecule has 0 saturated carbocycles. The number of carbonyl (C=O) groups is 2. The van der Waals surface area contributed by atoms with Crippen molar-refractivity contribution in [3.63, 3.8) is 0 Å². The standard InChI is InChI=1S/2C2HF3O2.Fe/c2*3-2(4,5)1(6)7;/h2*(H,6,7);. The van der Waals surface area contributed by atoms with Gasteiger partial charge >= 0.3 is 24.3 Å². The summed E-state index contributed by atoms with van der Waals surface area (Å²) in [6.45, 7) is 0. The normalized spacial score (nSPS) is 10.5. The van der Waals surface area contributed by atoms with Gasteiger partial charge in [0.2, 0.25) is 0 Å². The molecule has 0 radical (unpaired) electrons. The van der Waals surface area contributed by atoms with Gasteiger partial charge in [-0.25, -0.2) is 9.59 Å². The number of carboxylic acid groups (broad SMARTS) is 2. The molecule has 0 aliphatic carbocycles. The van der Waals surface area contributed by atoms with Crippen LogP contribution in [-0.4, -0.2) is 34.5 Å². The van der Waals surface area contributed by atoms with Crippen LogP contribution in [0.4, 0.5) is 26.3 Å². The van der Waals surface area contributed by atoms with Crippen LogP contribution < -0.4 is 0 Å². The molecule has 92 valence electrons. The van der Waals surface area contributed by atoms with Gasteiger partial charge in [-0.05, 0) is 0 Å². The topological polar surface area (TPSA) is 74.6 Å². The fourth-order valence-corrected chi connectivity index (χ4v) is 0. The van der Waals surface area contributed by atoms with Gasteiger partial charge < -0.3 is 10.2 Å². The second-order valence-corrected chi connectivity index (χ2v) is 1.61. The molecular weight excluding hydrogens is 282 g/mol. The second-order valence-electron chi connectivity index (χ2n) is 1.61. The first-order valence-corrected chi connectivity index (χ1v) is 2.49. The molecule has 0 bridgehead atoms. The van der Waals surface area contributed by atoms with Crippen LogP contribution >= 0.6 is 0 Å². The molecule has 2 N–H and O–H groups in total. The summed E-state index contributed by atoms with van der Waals surface area (Å²) < 4.78 is 63.5. The van der Waals surface area contributed by atoms with Gasteiger partial charge in [0.25, 0.3) is 0 Å². The van der Waals surface area contributed by atoms with Gasteiger partial charge in [0.1, 0.15) is 0 Å². The zero-order valence-corrected chi connectivity index (χ0v) is 7.44. The summed E-state index contributed by atoms with van der Waals surface area (Å²) in [5.41, 5.74) is 0. The quantitative estimate of drug-likeness (QED) is 0.519. The number of alkyl halides is 6. The molecule has 0 aromatic carbocycles. The van der Waals surface area contributed by atoms with Gasteiger partial charge in [-0.1, -0.05) is 0 Å². The Labute approximate surface area is 88.3 Å². The van der Waals surface area contributed by atoms with Crippen LogP contribution in [-0.2, 0) is 26.7 Å². The van der Waals surface area contributed by atoms with E-state index in [-0.39, 0.29) is 17.1 Å². The Kier molecular flexibility index (Phi) is 8.50.